The van der Waals surface area contributed by atoms with Gasteiger partial charge in [0.15, 0.2) is 0 Å². The summed E-state index contributed by atoms with van der Waals surface area (Å²) >= 11 is -1.08. The summed E-state index contributed by atoms with van der Waals surface area (Å²) in [5.41, 5.74) is 0.989. The number of hydrogen-bond donors (Lipinski definition) is 1. The maximum absolute atomic E-state index is 11.9. The SMILES string of the molecule is COc1ccc([C@H](C)N[S+]([O-])C(C)(C)C)cn1. The Morgan fingerprint density at radius 3 is 2.47 bits per heavy atom. The minimum atomic E-state index is -1.08. The zero-order valence-corrected chi connectivity index (χ0v) is 11.8. The third-order valence-corrected chi connectivity index (χ3v) is 3.99. The number of ether oxygens (including phenoxy) is 1. The predicted molar refractivity (Wildman–Crippen MR) is 70.2 cm³/mol. The number of nitrogens with zero attached hydrogens (tertiary/aromatic N) is 1. The maximum Gasteiger partial charge on any atom is 0.212 e. The van der Waals surface area contributed by atoms with Gasteiger partial charge in [-0.1, -0.05) is 6.07 Å². The molecule has 0 aliphatic carbocycles. The molecule has 0 aliphatic heterocycles. The molecule has 1 aromatic rings. The first-order chi connectivity index (χ1) is 7.84. The maximum atomic E-state index is 11.9. The highest BCUT2D eigenvalue weighted by atomic mass is 32.2. The highest BCUT2D eigenvalue weighted by Gasteiger charge is 2.28. The zero-order chi connectivity index (χ0) is 13.1. The van der Waals surface area contributed by atoms with E-state index in [9.17, 15) is 4.55 Å². The van der Waals surface area contributed by atoms with E-state index in [1.54, 1.807) is 19.4 Å². The molecule has 17 heavy (non-hydrogen) atoms. The van der Waals surface area contributed by atoms with E-state index in [2.05, 4.69) is 9.71 Å². The van der Waals surface area contributed by atoms with Crippen LogP contribution in [0.25, 0.3) is 0 Å². The lowest BCUT2D eigenvalue weighted by molar-refractivity contribution is 0.397. The van der Waals surface area contributed by atoms with Crippen LogP contribution in [0, 0.1) is 0 Å². The van der Waals surface area contributed by atoms with Crippen molar-refractivity contribution >= 4 is 11.4 Å². The molecule has 1 N–H and O–H groups in total. The van der Waals surface area contributed by atoms with Crippen LogP contribution < -0.4 is 9.46 Å². The second-order valence-corrected chi connectivity index (χ2v) is 6.85. The highest BCUT2D eigenvalue weighted by molar-refractivity contribution is 7.90. The molecule has 0 amide bonds. The molecule has 5 heteroatoms. The molecule has 0 saturated heterocycles. The van der Waals surface area contributed by atoms with Gasteiger partial charge in [-0.15, -0.1) is 4.72 Å². The first-order valence-corrected chi connectivity index (χ1v) is 6.67. The van der Waals surface area contributed by atoms with Gasteiger partial charge in [-0.3, -0.25) is 0 Å². The number of hydrogen-bond acceptors (Lipinski definition) is 4. The summed E-state index contributed by atoms with van der Waals surface area (Å²) in [6.07, 6.45) is 1.73. The van der Waals surface area contributed by atoms with E-state index in [4.69, 9.17) is 4.74 Å². The van der Waals surface area contributed by atoms with Crippen LogP contribution in [0.3, 0.4) is 0 Å². The Morgan fingerprint density at radius 1 is 1.41 bits per heavy atom. The average molecular weight is 256 g/mol. The lowest BCUT2D eigenvalue weighted by Crippen LogP contribution is -2.40. The van der Waals surface area contributed by atoms with Crippen molar-refractivity contribution in [1.82, 2.24) is 9.71 Å². The van der Waals surface area contributed by atoms with E-state index < -0.39 is 11.4 Å². The molecule has 0 aliphatic rings. The van der Waals surface area contributed by atoms with E-state index in [0.717, 1.165) is 5.56 Å². The Morgan fingerprint density at radius 2 is 2.06 bits per heavy atom. The number of nitrogens with one attached hydrogen (secondary N) is 1. The first kappa shape index (κ1) is 14.3. The minimum Gasteiger partial charge on any atom is -0.598 e. The van der Waals surface area contributed by atoms with Gasteiger partial charge in [0.05, 0.1) is 13.2 Å². The standard InChI is InChI=1S/C12H20N2O2S/c1-9(14-17(15)12(2,3)4)10-6-7-11(16-5)13-8-10/h6-9,14H,1-5H3/t9-,17?/m0/s1. The molecule has 1 rings (SSSR count). The van der Waals surface area contributed by atoms with Crippen molar-refractivity contribution < 1.29 is 9.29 Å². The summed E-state index contributed by atoms with van der Waals surface area (Å²) in [5.74, 6) is 0.581. The molecule has 96 valence electrons. The van der Waals surface area contributed by atoms with E-state index in [1.807, 2.05) is 33.8 Å². The van der Waals surface area contributed by atoms with Crippen molar-refractivity contribution in [3.05, 3.63) is 23.9 Å². The normalized spacial score (nSPS) is 15.4. The largest absolute Gasteiger partial charge is 0.598 e. The third kappa shape index (κ3) is 4.18. The fourth-order valence-electron chi connectivity index (χ4n) is 1.17. The monoisotopic (exact) mass is 256 g/mol. The molecule has 1 heterocycles. The van der Waals surface area contributed by atoms with Gasteiger partial charge in [-0.05, 0) is 33.3 Å². The zero-order valence-electron chi connectivity index (χ0n) is 11.0. The van der Waals surface area contributed by atoms with Crippen molar-refractivity contribution in [2.45, 2.75) is 38.5 Å². The summed E-state index contributed by atoms with van der Waals surface area (Å²) in [7, 11) is 1.58. The van der Waals surface area contributed by atoms with Gasteiger partial charge in [-0.25, -0.2) is 4.98 Å². The minimum absolute atomic E-state index is 0.00605. The van der Waals surface area contributed by atoms with Gasteiger partial charge >= 0.3 is 0 Å². The highest BCUT2D eigenvalue weighted by Crippen LogP contribution is 2.20. The summed E-state index contributed by atoms with van der Waals surface area (Å²) < 4.78 is 19.7. The number of methoxy groups -OCH3 is 1. The number of rotatable bonds is 4. The fraction of sp³-hybridized carbons (Fsp3) is 0.583. The second-order valence-electron chi connectivity index (χ2n) is 4.85. The van der Waals surface area contributed by atoms with Crippen molar-refractivity contribution in [2.24, 2.45) is 0 Å². The van der Waals surface area contributed by atoms with Gasteiger partial charge in [0.1, 0.15) is 4.75 Å². The lowest BCUT2D eigenvalue weighted by Gasteiger charge is -2.26. The Kier molecular flexibility index (Phi) is 4.80. The van der Waals surface area contributed by atoms with Crippen LogP contribution >= 0.6 is 0 Å². The summed E-state index contributed by atoms with van der Waals surface area (Å²) in [5, 5.41) is 0. The molecule has 2 atom stereocenters. The van der Waals surface area contributed by atoms with Crippen LogP contribution in [0.15, 0.2) is 18.3 Å². The van der Waals surface area contributed by atoms with Crippen LogP contribution in [-0.4, -0.2) is 21.4 Å². The summed E-state index contributed by atoms with van der Waals surface area (Å²) in [6.45, 7) is 7.78. The first-order valence-electron chi connectivity index (χ1n) is 5.52. The summed E-state index contributed by atoms with van der Waals surface area (Å²) in [4.78, 5) is 4.13. The number of aromatic nitrogens is 1. The van der Waals surface area contributed by atoms with Gasteiger partial charge in [0.25, 0.3) is 0 Å². The van der Waals surface area contributed by atoms with E-state index in [0.29, 0.717) is 5.88 Å². The Bertz CT molecular complexity index is 349. The number of pyridine rings is 1. The second kappa shape index (κ2) is 5.71. The molecule has 0 radical (unpaired) electrons. The molecule has 0 fully saturated rings. The molecule has 4 nitrogen and oxygen atoms in total. The fourth-order valence-corrected chi connectivity index (χ4v) is 1.98. The van der Waals surface area contributed by atoms with Crippen LogP contribution in [-0.2, 0) is 11.4 Å². The smallest absolute Gasteiger partial charge is 0.212 e. The van der Waals surface area contributed by atoms with Crippen LogP contribution in [0.4, 0.5) is 0 Å². The van der Waals surface area contributed by atoms with Crippen molar-refractivity contribution in [3.63, 3.8) is 0 Å². The molecule has 0 saturated carbocycles. The molecular formula is C12H20N2O2S. The Balaban J connectivity index is 2.66. The van der Waals surface area contributed by atoms with E-state index in [-0.39, 0.29) is 10.8 Å². The van der Waals surface area contributed by atoms with E-state index in [1.165, 1.54) is 0 Å². The molecule has 0 bridgehead atoms. The van der Waals surface area contributed by atoms with Crippen LogP contribution in [0.5, 0.6) is 5.88 Å². The predicted octanol–water partition coefficient (Wildman–Crippen LogP) is 2.20. The molecule has 0 aromatic carbocycles. The lowest BCUT2D eigenvalue weighted by atomic mass is 10.2. The molecule has 0 spiro atoms. The summed E-state index contributed by atoms with van der Waals surface area (Å²) in [6, 6.07) is 3.71. The van der Waals surface area contributed by atoms with Gasteiger partial charge in [0, 0.05) is 23.6 Å². The van der Waals surface area contributed by atoms with Crippen molar-refractivity contribution in [2.75, 3.05) is 7.11 Å². The molecule has 1 aromatic heterocycles. The van der Waals surface area contributed by atoms with Crippen molar-refractivity contribution in [3.8, 4) is 5.88 Å². The van der Waals surface area contributed by atoms with Gasteiger partial charge < -0.3 is 9.29 Å². The van der Waals surface area contributed by atoms with Crippen molar-refractivity contribution in [1.29, 1.82) is 0 Å². The average Bonchev–Trinajstić information content (AvgIpc) is 2.27. The van der Waals surface area contributed by atoms with Gasteiger partial charge in [-0.2, -0.15) is 0 Å². The topological polar surface area (TPSA) is 57.2 Å². The van der Waals surface area contributed by atoms with Crippen LogP contribution in [0.2, 0.25) is 0 Å². The third-order valence-electron chi connectivity index (χ3n) is 2.31. The van der Waals surface area contributed by atoms with Crippen LogP contribution in [0.1, 0.15) is 39.3 Å². The molecular weight excluding hydrogens is 236 g/mol. The Labute approximate surface area is 106 Å². The Hall–Kier alpha value is -0.780. The van der Waals surface area contributed by atoms with Gasteiger partial charge in [0.2, 0.25) is 5.88 Å². The van der Waals surface area contributed by atoms with E-state index >= 15 is 0 Å². The quantitative estimate of drug-likeness (QED) is 0.839. The molecule has 1 unspecified atom stereocenters.